The molecule has 1 heterocycles. The van der Waals surface area contributed by atoms with Crippen LogP contribution in [0.5, 0.6) is 0 Å². The molecule has 1 fully saturated rings. The fourth-order valence-corrected chi connectivity index (χ4v) is 1.57. The van der Waals surface area contributed by atoms with Gasteiger partial charge in [-0.3, -0.25) is 0 Å². The van der Waals surface area contributed by atoms with Crippen LogP contribution in [0.25, 0.3) is 0 Å². The highest BCUT2D eigenvalue weighted by Gasteiger charge is 2.20. The second-order valence-corrected chi connectivity index (χ2v) is 4.25. The van der Waals surface area contributed by atoms with E-state index in [0.29, 0.717) is 0 Å². The van der Waals surface area contributed by atoms with E-state index in [9.17, 15) is 0 Å². The Balaban J connectivity index is 2.17. The fourth-order valence-electron chi connectivity index (χ4n) is 1.57. The summed E-state index contributed by atoms with van der Waals surface area (Å²) >= 11 is 0. The van der Waals surface area contributed by atoms with Crippen molar-refractivity contribution in [3.05, 3.63) is 0 Å². The average Bonchev–Trinajstić information content (AvgIpc) is 2.15. The molecule has 3 N–H and O–H groups in total. The van der Waals surface area contributed by atoms with E-state index in [4.69, 9.17) is 10.5 Å². The molecule has 0 amide bonds. The predicted molar refractivity (Wildman–Crippen MR) is 54.7 cm³/mol. The van der Waals surface area contributed by atoms with Crippen molar-refractivity contribution < 1.29 is 4.74 Å². The summed E-state index contributed by atoms with van der Waals surface area (Å²) in [6, 6.07) is 0.204. The summed E-state index contributed by atoms with van der Waals surface area (Å²) < 4.78 is 5.58. The zero-order chi connectivity index (χ0) is 9.68. The molecular formula is C10H22N2O. The van der Waals surface area contributed by atoms with Crippen LogP contribution in [0.1, 0.15) is 26.7 Å². The number of hydrogen-bond donors (Lipinski definition) is 2. The monoisotopic (exact) mass is 186 g/mol. The number of hydrogen-bond acceptors (Lipinski definition) is 3. The molecule has 0 aliphatic carbocycles. The number of ether oxygens (including phenoxy) is 1. The molecule has 0 saturated carbocycles. The summed E-state index contributed by atoms with van der Waals surface area (Å²) in [4.78, 5) is 0. The maximum Gasteiger partial charge on any atom is 0.0850 e. The first-order valence-corrected chi connectivity index (χ1v) is 5.28. The standard InChI is InChI=1S/C10H22N2O/c1-8(2)3-4-9(11)10-7-12-5-6-13-10/h8-10,12H,3-7,11H2,1-2H3. The first-order valence-electron chi connectivity index (χ1n) is 5.28. The van der Waals surface area contributed by atoms with Crippen LogP contribution in [0.4, 0.5) is 0 Å². The molecule has 1 aliphatic rings. The van der Waals surface area contributed by atoms with Gasteiger partial charge in [-0.15, -0.1) is 0 Å². The van der Waals surface area contributed by atoms with Crippen molar-refractivity contribution in [2.24, 2.45) is 11.7 Å². The Labute approximate surface area is 81.0 Å². The molecule has 2 unspecified atom stereocenters. The third-order valence-electron chi connectivity index (χ3n) is 2.51. The van der Waals surface area contributed by atoms with Crippen LogP contribution in [0.2, 0.25) is 0 Å². The number of nitrogens with two attached hydrogens (primary N) is 1. The third-order valence-corrected chi connectivity index (χ3v) is 2.51. The van der Waals surface area contributed by atoms with Crippen molar-refractivity contribution in [2.75, 3.05) is 19.7 Å². The molecule has 0 aromatic heterocycles. The van der Waals surface area contributed by atoms with Crippen molar-refractivity contribution in [3.63, 3.8) is 0 Å². The third kappa shape index (κ3) is 4.07. The molecule has 0 aromatic rings. The Morgan fingerprint density at radius 3 is 2.77 bits per heavy atom. The average molecular weight is 186 g/mol. The van der Waals surface area contributed by atoms with Crippen LogP contribution in [-0.4, -0.2) is 31.8 Å². The Morgan fingerprint density at radius 2 is 2.23 bits per heavy atom. The minimum Gasteiger partial charge on any atom is -0.374 e. The summed E-state index contributed by atoms with van der Waals surface area (Å²) in [7, 11) is 0. The van der Waals surface area contributed by atoms with E-state index in [-0.39, 0.29) is 12.1 Å². The van der Waals surface area contributed by atoms with Crippen molar-refractivity contribution in [3.8, 4) is 0 Å². The van der Waals surface area contributed by atoms with E-state index < -0.39 is 0 Å². The lowest BCUT2D eigenvalue weighted by atomic mass is 10.00. The maximum absolute atomic E-state index is 6.03. The molecule has 0 radical (unpaired) electrons. The van der Waals surface area contributed by atoms with E-state index in [2.05, 4.69) is 19.2 Å². The van der Waals surface area contributed by atoms with Gasteiger partial charge >= 0.3 is 0 Å². The highest BCUT2D eigenvalue weighted by molar-refractivity contribution is 4.78. The van der Waals surface area contributed by atoms with E-state index in [1.54, 1.807) is 0 Å². The lowest BCUT2D eigenvalue weighted by Crippen LogP contribution is -2.48. The van der Waals surface area contributed by atoms with Crippen molar-refractivity contribution in [2.45, 2.75) is 38.8 Å². The van der Waals surface area contributed by atoms with Gasteiger partial charge in [0, 0.05) is 19.1 Å². The van der Waals surface area contributed by atoms with E-state index in [0.717, 1.165) is 32.0 Å². The molecule has 1 rings (SSSR count). The Kier molecular flexibility index (Phi) is 4.70. The number of rotatable bonds is 4. The van der Waals surface area contributed by atoms with Crippen LogP contribution in [0, 0.1) is 5.92 Å². The van der Waals surface area contributed by atoms with Gasteiger partial charge in [0.25, 0.3) is 0 Å². The largest absolute Gasteiger partial charge is 0.374 e. The Bertz CT molecular complexity index is 133. The summed E-state index contributed by atoms with van der Waals surface area (Å²) in [5.41, 5.74) is 6.03. The normalized spacial score (nSPS) is 26.3. The van der Waals surface area contributed by atoms with E-state index in [1.165, 1.54) is 6.42 Å². The SMILES string of the molecule is CC(C)CCC(N)C1CNCCO1. The van der Waals surface area contributed by atoms with Crippen molar-refractivity contribution in [1.29, 1.82) is 0 Å². The van der Waals surface area contributed by atoms with Crippen LogP contribution in [0.3, 0.4) is 0 Å². The molecule has 0 aromatic carbocycles. The molecule has 1 saturated heterocycles. The topological polar surface area (TPSA) is 47.3 Å². The second-order valence-electron chi connectivity index (χ2n) is 4.25. The van der Waals surface area contributed by atoms with Gasteiger partial charge in [0.05, 0.1) is 12.7 Å². The van der Waals surface area contributed by atoms with Gasteiger partial charge in [0.1, 0.15) is 0 Å². The smallest absolute Gasteiger partial charge is 0.0850 e. The van der Waals surface area contributed by atoms with Gasteiger partial charge in [-0.05, 0) is 18.8 Å². The quantitative estimate of drug-likeness (QED) is 0.680. The fraction of sp³-hybridized carbons (Fsp3) is 1.00. The zero-order valence-electron chi connectivity index (χ0n) is 8.75. The maximum atomic E-state index is 6.03. The minimum absolute atomic E-state index is 0.204. The summed E-state index contributed by atoms with van der Waals surface area (Å²) in [6.07, 6.45) is 2.50. The van der Waals surface area contributed by atoms with Crippen LogP contribution >= 0.6 is 0 Å². The molecule has 3 heteroatoms. The van der Waals surface area contributed by atoms with E-state index in [1.807, 2.05) is 0 Å². The number of nitrogens with one attached hydrogen (secondary N) is 1. The second kappa shape index (κ2) is 5.58. The van der Waals surface area contributed by atoms with E-state index >= 15 is 0 Å². The van der Waals surface area contributed by atoms with Gasteiger partial charge in [-0.25, -0.2) is 0 Å². The van der Waals surface area contributed by atoms with Gasteiger partial charge < -0.3 is 15.8 Å². The summed E-state index contributed by atoms with van der Waals surface area (Å²) in [5.74, 6) is 0.739. The molecule has 0 spiro atoms. The highest BCUT2D eigenvalue weighted by Crippen LogP contribution is 2.10. The van der Waals surface area contributed by atoms with Crippen molar-refractivity contribution >= 4 is 0 Å². The highest BCUT2D eigenvalue weighted by atomic mass is 16.5. The summed E-state index contributed by atoms with van der Waals surface area (Å²) in [6.45, 7) is 7.14. The zero-order valence-corrected chi connectivity index (χ0v) is 8.75. The Hall–Kier alpha value is -0.120. The molecule has 78 valence electrons. The molecule has 0 bridgehead atoms. The van der Waals surface area contributed by atoms with Crippen molar-refractivity contribution in [1.82, 2.24) is 5.32 Å². The molecule has 13 heavy (non-hydrogen) atoms. The lowest BCUT2D eigenvalue weighted by Gasteiger charge is -2.28. The first-order chi connectivity index (χ1) is 6.20. The lowest BCUT2D eigenvalue weighted by molar-refractivity contribution is 0.0101. The van der Waals surface area contributed by atoms with Crippen LogP contribution < -0.4 is 11.1 Å². The van der Waals surface area contributed by atoms with Crippen LogP contribution in [-0.2, 0) is 4.74 Å². The molecule has 2 atom stereocenters. The van der Waals surface area contributed by atoms with Gasteiger partial charge in [0.2, 0.25) is 0 Å². The van der Waals surface area contributed by atoms with Gasteiger partial charge in [-0.1, -0.05) is 13.8 Å². The van der Waals surface area contributed by atoms with Gasteiger partial charge in [0.15, 0.2) is 0 Å². The first kappa shape index (κ1) is 11.0. The molecular weight excluding hydrogens is 164 g/mol. The Morgan fingerprint density at radius 1 is 1.46 bits per heavy atom. The molecule has 3 nitrogen and oxygen atoms in total. The predicted octanol–water partition coefficient (Wildman–Crippen LogP) is 0.738. The van der Waals surface area contributed by atoms with Gasteiger partial charge in [-0.2, -0.15) is 0 Å². The minimum atomic E-state index is 0.204. The molecule has 1 aliphatic heterocycles. The summed E-state index contributed by atoms with van der Waals surface area (Å²) in [5, 5.41) is 3.30. The van der Waals surface area contributed by atoms with Crippen LogP contribution in [0.15, 0.2) is 0 Å². The number of morpholine rings is 1.